The zero-order chi connectivity index (χ0) is 14.7. The Kier molecular flexibility index (Phi) is 4.97. The third-order valence-electron chi connectivity index (χ3n) is 5.93. The zero-order valence-corrected chi connectivity index (χ0v) is 13.2. The van der Waals surface area contributed by atoms with Crippen LogP contribution in [0.15, 0.2) is 0 Å². The maximum Gasteiger partial charge on any atom is 0.222 e. The van der Waals surface area contributed by atoms with E-state index in [2.05, 4.69) is 4.90 Å². The van der Waals surface area contributed by atoms with Gasteiger partial charge in [-0.2, -0.15) is 0 Å². The number of Topliss-reactive ketones (excluding diaryl/α,β-unsaturated/α-hetero) is 1. The number of rotatable bonds is 4. The molecular weight excluding hydrogens is 262 g/mol. The number of carbonyl (C=O) groups excluding carboxylic acids is 2. The summed E-state index contributed by atoms with van der Waals surface area (Å²) >= 11 is 0. The first-order valence-electron chi connectivity index (χ1n) is 9.08. The number of nitrogens with zero attached hydrogens (tertiary/aromatic N) is 1. The van der Waals surface area contributed by atoms with Crippen LogP contribution in [0.25, 0.3) is 0 Å². The largest absolute Gasteiger partial charge is 0.339 e. The fourth-order valence-corrected chi connectivity index (χ4v) is 4.71. The van der Waals surface area contributed by atoms with Crippen LogP contribution < -0.4 is 0 Å². The molecule has 0 aromatic carbocycles. The summed E-state index contributed by atoms with van der Waals surface area (Å²) in [6, 6.07) is 0.230. The lowest BCUT2D eigenvalue weighted by Gasteiger charge is -2.33. The summed E-state index contributed by atoms with van der Waals surface area (Å²) in [6.07, 6.45) is 13.2. The molecule has 0 aromatic rings. The van der Waals surface area contributed by atoms with E-state index in [4.69, 9.17) is 0 Å². The molecule has 3 rings (SSSR count). The van der Waals surface area contributed by atoms with Crippen molar-refractivity contribution in [3.63, 3.8) is 0 Å². The molecule has 0 N–H and O–H groups in total. The summed E-state index contributed by atoms with van der Waals surface area (Å²) in [7, 11) is 0. The fourth-order valence-electron chi connectivity index (χ4n) is 4.71. The minimum absolute atomic E-state index is 0.150. The third kappa shape index (κ3) is 3.49. The van der Waals surface area contributed by atoms with Crippen molar-refractivity contribution in [2.75, 3.05) is 6.54 Å². The van der Waals surface area contributed by atoms with Gasteiger partial charge >= 0.3 is 0 Å². The molecule has 0 radical (unpaired) electrons. The van der Waals surface area contributed by atoms with Crippen molar-refractivity contribution < 1.29 is 9.59 Å². The van der Waals surface area contributed by atoms with E-state index in [0.29, 0.717) is 18.1 Å². The molecule has 118 valence electrons. The summed E-state index contributed by atoms with van der Waals surface area (Å²) in [6.45, 7) is 0.887. The van der Waals surface area contributed by atoms with Crippen LogP contribution in [-0.4, -0.2) is 29.2 Å². The monoisotopic (exact) mass is 291 g/mol. The predicted octanol–water partition coefficient (Wildman–Crippen LogP) is 3.71. The Hall–Kier alpha value is -0.860. The quantitative estimate of drug-likeness (QED) is 0.792. The van der Waals surface area contributed by atoms with Crippen molar-refractivity contribution in [2.45, 2.75) is 83.1 Å². The molecule has 3 nitrogen and oxygen atoms in total. The highest BCUT2D eigenvalue weighted by Gasteiger charge is 2.38. The van der Waals surface area contributed by atoms with E-state index in [9.17, 15) is 9.59 Å². The Labute approximate surface area is 128 Å². The van der Waals surface area contributed by atoms with Crippen molar-refractivity contribution in [1.29, 1.82) is 0 Å². The van der Waals surface area contributed by atoms with E-state index in [0.717, 1.165) is 57.4 Å². The molecule has 0 aromatic heterocycles. The topological polar surface area (TPSA) is 37.4 Å². The van der Waals surface area contributed by atoms with Crippen LogP contribution in [0.1, 0.15) is 77.0 Å². The van der Waals surface area contributed by atoms with Gasteiger partial charge in [-0.25, -0.2) is 0 Å². The number of hydrogen-bond donors (Lipinski definition) is 0. The summed E-state index contributed by atoms with van der Waals surface area (Å²) in [4.78, 5) is 26.8. The second-order valence-corrected chi connectivity index (χ2v) is 7.30. The van der Waals surface area contributed by atoms with Crippen molar-refractivity contribution >= 4 is 11.7 Å². The van der Waals surface area contributed by atoms with Crippen molar-refractivity contribution in [1.82, 2.24) is 4.90 Å². The highest BCUT2D eigenvalue weighted by atomic mass is 16.2. The lowest BCUT2D eigenvalue weighted by Crippen LogP contribution is -2.43. The molecule has 2 atom stereocenters. The Bertz CT molecular complexity index is 387. The van der Waals surface area contributed by atoms with Gasteiger partial charge < -0.3 is 4.90 Å². The number of ketones is 1. The van der Waals surface area contributed by atoms with E-state index in [1.54, 1.807) is 0 Å². The van der Waals surface area contributed by atoms with Crippen LogP contribution >= 0.6 is 0 Å². The van der Waals surface area contributed by atoms with Crippen molar-refractivity contribution in [3.8, 4) is 0 Å². The number of likely N-dealkylation sites (tertiary alicyclic amines) is 1. The number of carbonyl (C=O) groups is 2. The average Bonchev–Trinajstić information content (AvgIpc) is 3.16. The Balaban J connectivity index is 1.55. The van der Waals surface area contributed by atoms with Gasteiger partial charge in [0.05, 0.1) is 0 Å². The Morgan fingerprint density at radius 1 is 1.00 bits per heavy atom. The zero-order valence-electron chi connectivity index (χ0n) is 13.2. The SMILES string of the molecule is O=C1CCCCC1C1CCCN1C(=O)CCC1CCCC1. The highest BCUT2D eigenvalue weighted by Crippen LogP contribution is 2.34. The second kappa shape index (κ2) is 6.93. The summed E-state index contributed by atoms with van der Waals surface area (Å²) in [5, 5.41) is 0. The van der Waals surface area contributed by atoms with Gasteiger partial charge in [-0.15, -0.1) is 0 Å². The molecule has 2 aliphatic carbocycles. The molecule has 2 unspecified atom stereocenters. The molecular formula is C18H29NO2. The molecule has 1 saturated heterocycles. The molecule has 21 heavy (non-hydrogen) atoms. The highest BCUT2D eigenvalue weighted by molar-refractivity contribution is 5.84. The molecule has 1 amide bonds. The van der Waals surface area contributed by atoms with Gasteiger partial charge in [0.1, 0.15) is 5.78 Å². The molecule has 3 fully saturated rings. The van der Waals surface area contributed by atoms with Crippen LogP contribution in [0.5, 0.6) is 0 Å². The summed E-state index contributed by atoms with van der Waals surface area (Å²) < 4.78 is 0. The average molecular weight is 291 g/mol. The first kappa shape index (κ1) is 15.1. The Morgan fingerprint density at radius 2 is 1.76 bits per heavy atom. The molecule has 2 saturated carbocycles. The minimum Gasteiger partial charge on any atom is -0.339 e. The molecule has 3 aliphatic rings. The van der Waals surface area contributed by atoms with Crippen LogP contribution in [0, 0.1) is 11.8 Å². The van der Waals surface area contributed by atoms with Gasteiger partial charge in [-0.1, -0.05) is 32.1 Å². The normalized spacial score (nSPS) is 31.0. The van der Waals surface area contributed by atoms with Crippen LogP contribution in [0.4, 0.5) is 0 Å². The van der Waals surface area contributed by atoms with Gasteiger partial charge in [-0.3, -0.25) is 9.59 Å². The standard InChI is InChI=1S/C18H29NO2/c20-17-10-4-3-8-15(17)16-9-5-13-19(16)18(21)12-11-14-6-1-2-7-14/h14-16H,1-13H2. The minimum atomic E-state index is 0.150. The van der Waals surface area contributed by atoms with Gasteiger partial charge in [0.25, 0.3) is 0 Å². The lowest BCUT2D eigenvalue weighted by atomic mass is 9.81. The second-order valence-electron chi connectivity index (χ2n) is 7.30. The van der Waals surface area contributed by atoms with Crippen LogP contribution in [0.3, 0.4) is 0 Å². The van der Waals surface area contributed by atoms with E-state index < -0.39 is 0 Å². The third-order valence-corrected chi connectivity index (χ3v) is 5.93. The van der Waals surface area contributed by atoms with Gasteiger partial charge in [0.15, 0.2) is 0 Å². The van der Waals surface area contributed by atoms with Crippen molar-refractivity contribution in [3.05, 3.63) is 0 Å². The molecule has 3 heteroatoms. The van der Waals surface area contributed by atoms with E-state index >= 15 is 0 Å². The fraction of sp³-hybridized carbons (Fsp3) is 0.889. The maximum atomic E-state index is 12.6. The molecule has 1 aliphatic heterocycles. The smallest absolute Gasteiger partial charge is 0.222 e. The predicted molar refractivity (Wildman–Crippen MR) is 82.9 cm³/mol. The Morgan fingerprint density at radius 3 is 2.52 bits per heavy atom. The van der Waals surface area contributed by atoms with Crippen LogP contribution in [-0.2, 0) is 9.59 Å². The molecule has 0 spiro atoms. The number of amides is 1. The van der Waals surface area contributed by atoms with E-state index in [1.165, 1.54) is 25.7 Å². The van der Waals surface area contributed by atoms with Crippen LogP contribution in [0.2, 0.25) is 0 Å². The lowest BCUT2D eigenvalue weighted by molar-refractivity contribution is -0.136. The maximum absolute atomic E-state index is 12.6. The molecule has 1 heterocycles. The van der Waals surface area contributed by atoms with E-state index in [1.807, 2.05) is 0 Å². The summed E-state index contributed by atoms with van der Waals surface area (Å²) in [5.41, 5.74) is 0. The summed E-state index contributed by atoms with van der Waals surface area (Å²) in [5.74, 6) is 1.67. The first-order valence-corrected chi connectivity index (χ1v) is 9.08. The van der Waals surface area contributed by atoms with Gasteiger partial charge in [-0.05, 0) is 38.0 Å². The van der Waals surface area contributed by atoms with Gasteiger partial charge in [0.2, 0.25) is 5.91 Å². The first-order chi connectivity index (χ1) is 10.3. The molecule has 0 bridgehead atoms. The van der Waals surface area contributed by atoms with Gasteiger partial charge in [0, 0.05) is 31.3 Å². The van der Waals surface area contributed by atoms with E-state index in [-0.39, 0.29) is 12.0 Å². The van der Waals surface area contributed by atoms with Crippen molar-refractivity contribution in [2.24, 2.45) is 11.8 Å². The number of hydrogen-bond acceptors (Lipinski definition) is 2.